The Morgan fingerprint density at radius 2 is 2.10 bits per heavy atom. The van der Waals surface area contributed by atoms with Gasteiger partial charge in [-0.15, -0.1) is 5.10 Å². The summed E-state index contributed by atoms with van der Waals surface area (Å²) in [6.45, 7) is 4.42. The molecule has 1 aromatic heterocycles. The largest absolute Gasteiger partial charge is 0.395 e. The summed E-state index contributed by atoms with van der Waals surface area (Å²) in [5.74, 6) is 1.82. The Morgan fingerprint density at radius 1 is 1.25 bits per heavy atom. The van der Waals surface area contributed by atoms with Crippen LogP contribution in [0.1, 0.15) is 57.3 Å². The number of rotatable bonds is 7. The predicted molar refractivity (Wildman–Crippen MR) is 75.0 cm³/mol. The quantitative estimate of drug-likeness (QED) is 0.817. The Balaban J connectivity index is 1.75. The highest BCUT2D eigenvalue weighted by Gasteiger charge is 2.39. The summed E-state index contributed by atoms with van der Waals surface area (Å²) in [6.07, 6.45) is 7.04. The summed E-state index contributed by atoms with van der Waals surface area (Å²) < 4.78 is 1.97. The Morgan fingerprint density at radius 3 is 2.80 bits per heavy atom. The number of hydrogen-bond donors (Lipinski definition) is 1. The SMILES string of the molecule is CCCCn1nnnc1[C@@H]1CC[C@@H](CO)N1CC1CC1. The number of aryl methyl sites for hydroxylation is 1. The van der Waals surface area contributed by atoms with Crippen molar-refractivity contribution in [3.63, 3.8) is 0 Å². The van der Waals surface area contributed by atoms with E-state index in [0.29, 0.717) is 6.04 Å². The average Bonchev–Trinajstić information content (AvgIpc) is 3.00. The molecule has 0 amide bonds. The smallest absolute Gasteiger partial charge is 0.168 e. The molecule has 1 saturated carbocycles. The standard InChI is InChI=1S/C14H25N5O/c1-2-3-8-19-14(15-16-17-19)13-7-6-12(10-20)18(13)9-11-4-5-11/h11-13,20H,2-10H2,1H3/t12-,13-/m0/s1. The molecule has 2 heterocycles. The van der Waals surface area contributed by atoms with Gasteiger partial charge in [0.15, 0.2) is 5.82 Å². The van der Waals surface area contributed by atoms with E-state index in [1.807, 2.05) is 4.68 Å². The lowest BCUT2D eigenvalue weighted by Crippen LogP contribution is -2.36. The molecule has 0 aromatic carbocycles. The van der Waals surface area contributed by atoms with E-state index in [0.717, 1.165) is 50.5 Å². The van der Waals surface area contributed by atoms with Crippen LogP contribution in [0.25, 0.3) is 0 Å². The Labute approximate surface area is 120 Å². The average molecular weight is 279 g/mol. The van der Waals surface area contributed by atoms with Crippen molar-refractivity contribution in [2.24, 2.45) is 5.92 Å². The molecule has 0 spiro atoms. The zero-order valence-electron chi connectivity index (χ0n) is 12.3. The van der Waals surface area contributed by atoms with E-state index in [2.05, 4.69) is 27.3 Å². The first-order valence-corrected chi connectivity index (χ1v) is 7.96. The van der Waals surface area contributed by atoms with Crippen LogP contribution in [0, 0.1) is 5.92 Å². The molecule has 2 aliphatic rings. The van der Waals surface area contributed by atoms with Crippen molar-refractivity contribution >= 4 is 0 Å². The van der Waals surface area contributed by atoms with Crippen LogP contribution in [0.15, 0.2) is 0 Å². The maximum Gasteiger partial charge on any atom is 0.168 e. The molecule has 1 N–H and O–H groups in total. The zero-order valence-corrected chi connectivity index (χ0v) is 12.3. The lowest BCUT2D eigenvalue weighted by molar-refractivity contribution is 0.119. The second kappa shape index (κ2) is 6.18. The van der Waals surface area contributed by atoms with Crippen molar-refractivity contribution < 1.29 is 5.11 Å². The number of aliphatic hydroxyl groups excluding tert-OH is 1. The van der Waals surface area contributed by atoms with Gasteiger partial charge in [0.05, 0.1) is 12.6 Å². The maximum absolute atomic E-state index is 9.60. The van der Waals surface area contributed by atoms with Gasteiger partial charge in [0.1, 0.15) is 0 Å². The van der Waals surface area contributed by atoms with Crippen LogP contribution in [0.4, 0.5) is 0 Å². The third-order valence-electron chi connectivity index (χ3n) is 4.60. The van der Waals surface area contributed by atoms with E-state index in [-0.39, 0.29) is 12.6 Å². The van der Waals surface area contributed by atoms with E-state index in [9.17, 15) is 5.11 Å². The first kappa shape index (κ1) is 13.9. The van der Waals surface area contributed by atoms with Crippen LogP contribution in [0.3, 0.4) is 0 Å². The van der Waals surface area contributed by atoms with E-state index in [4.69, 9.17) is 0 Å². The molecule has 1 aliphatic heterocycles. The molecule has 6 nitrogen and oxygen atoms in total. The molecular weight excluding hydrogens is 254 g/mol. The van der Waals surface area contributed by atoms with Crippen molar-refractivity contribution in [3.8, 4) is 0 Å². The van der Waals surface area contributed by atoms with E-state index in [1.54, 1.807) is 0 Å². The molecule has 6 heteroatoms. The third kappa shape index (κ3) is 2.86. The highest BCUT2D eigenvalue weighted by Crippen LogP contribution is 2.39. The molecular formula is C14H25N5O. The lowest BCUT2D eigenvalue weighted by atomic mass is 10.2. The fourth-order valence-corrected chi connectivity index (χ4v) is 3.20. The first-order valence-electron chi connectivity index (χ1n) is 7.96. The number of unbranched alkanes of at least 4 members (excludes halogenated alkanes) is 1. The Bertz CT molecular complexity index is 431. The van der Waals surface area contributed by atoms with Crippen LogP contribution < -0.4 is 0 Å². The summed E-state index contributed by atoms with van der Waals surface area (Å²) in [5, 5.41) is 21.9. The van der Waals surface area contributed by atoms with Gasteiger partial charge < -0.3 is 5.11 Å². The van der Waals surface area contributed by atoms with Gasteiger partial charge >= 0.3 is 0 Å². The minimum atomic E-state index is 0.250. The van der Waals surface area contributed by atoms with E-state index < -0.39 is 0 Å². The van der Waals surface area contributed by atoms with Crippen LogP contribution in [-0.2, 0) is 6.54 Å². The highest BCUT2D eigenvalue weighted by atomic mass is 16.3. The van der Waals surface area contributed by atoms with Crippen molar-refractivity contribution in [1.29, 1.82) is 0 Å². The molecule has 0 radical (unpaired) electrons. The number of aromatic nitrogens is 4. The summed E-state index contributed by atoms with van der Waals surface area (Å²) in [5.41, 5.74) is 0. The molecule has 0 bridgehead atoms. The minimum absolute atomic E-state index is 0.250. The zero-order chi connectivity index (χ0) is 13.9. The summed E-state index contributed by atoms with van der Waals surface area (Å²) in [7, 11) is 0. The third-order valence-corrected chi connectivity index (χ3v) is 4.60. The van der Waals surface area contributed by atoms with Crippen molar-refractivity contribution in [2.75, 3.05) is 13.2 Å². The molecule has 112 valence electrons. The molecule has 2 fully saturated rings. The van der Waals surface area contributed by atoms with Crippen LogP contribution in [0.2, 0.25) is 0 Å². The lowest BCUT2D eigenvalue weighted by Gasteiger charge is -2.28. The van der Waals surface area contributed by atoms with Gasteiger partial charge in [0.2, 0.25) is 0 Å². The normalized spacial score (nSPS) is 27.3. The Kier molecular flexibility index (Phi) is 4.31. The van der Waals surface area contributed by atoms with Crippen molar-refractivity contribution in [2.45, 2.75) is 64.1 Å². The van der Waals surface area contributed by atoms with Crippen molar-refractivity contribution in [3.05, 3.63) is 5.82 Å². The molecule has 1 saturated heterocycles. The predicted octanol–water partition coefficient (Wildman–Crippen LogP) is 1.38. The highest BCUT2D eigenvalue weighted by molar-refractivity contribution is 5.01. The summed E-state index contributed by atoms with van der Waals surface area (Å²) in [6, 6.07) is 0.580. The second-order valence-corrected chi connectivity index (χ2v) is 6.18. The summed E-state index contributed by atoms with van der Waals surface area (Å²) in [4.78, 5) is 2.45. The molecule has 2 atom stereocenters. The molecule has 3 rings (SSSR count). The van der Waals surface area contributed by atoms with Gasteiger partial charge in [0.25, 0.3) is 0 Å². The van der Waals surface area contributed by atoms with Gasteiger partial charge in [-0.2, -0.15) is 0 Å². The Hall–Kier alpha value is -1.01. The minimum Gasteiger partial charge on any atom is -0.395 e. The number of nitrogens with zero attached hydrogens (tertiary/aromatic N) is 5. The van der Waals surface area contributed by atoms with Crippen LogP contribution in [0.5, 0.6) is 0 Å². The van der Waals surface area contributed by atoms with Gasteiger partial charge in [-0.3, -0.25) is 4.90 Å². The van der Waals surface area contributed by atoms with Crippen molar-refractivity contribution in [1.82, 2.24) is 25.1 Å². The van der Waals surface area contributed by atoms with Gasteiger partial charge in [-0.05, 0) is 48.4 Å². The summed E-state index contributed by atoms with van der Waals surface area (Å²) >= 11 is 0. The first-order chi connectivity index (χ1) is 9.83. The van der Waals surface area contributed by atoms with E-state index >= 15 is 0 Å². The number of tetrazole rings is 1. The molecule has 1 aromatic rings. The number of likely N-dealkylation sites (tertiary alicyclic amines) is 1. The molecule has 1 aliphatic carbocycles. The van der Waals surface area contributed by atoms with Gasteiger partial charge in [-0.1, -0.05) is 13.3 Å². The topological polar surface area (TPSA) is 67.1 Å². The van der Waals surface area contributed by atoms with Crippen LogP contribution in [-0.4, -0.2) is 49.4 Å². The fourth-order valence-electron chi connectivity index (χ4n) is 3.20. The number of aliphatic hydroxyl groups is 1. The maximum atomic E-state index is 9.60. The number of hydrogen-bond acceptors (Lipinski definition) is 5. The molecule has 20 heavy (non-hydrogen) atoms. The second-order valence-electron chi connectivity index (χ2n) is 6.18. The van der Waals surface area contributed by atoms with Gasteiger partial charge in [-0.25, -0.2) is 4.68 Å². The van der Waals surface area contributed by atoms with Gasteiger partial charge in [0, 0.05) is 19.1 Å². The van der Waals surface area contributed by atoms with Crippen LogP contribution >= 0.6 is 0 Å². The van der Waals surface area contributed by atoms with E-state index in [1.165, 1.54) is 12.8 Å². The monoisotopic (exact) mass is 279 g/mol. The molecule has 0 unspecified atom stereocenters. The fraction of sp³-hybridized carbons (Fsp3) is 0.929.